The number of rotatable bonds is 11. The highest BCUT2D eigenvalue weighted by molar-refractivity contribution is 5.90. The molecule has 0 spiro atoms. The van der Waals surface area contributed by atoms with Crippen molar-refractivity contribution in [1.29, 1.82) is 0 Å². The van der Waals surface area contributed by atoms with Crippen LogP contribution in [0, 0.1) is 5.92 Å². The number of ether oxygens (including phenoxy) is 2. The summed E-state index contributed by atoms with van der Waals surface area (Å²) in [6.45, 7) is 7.94. The van der Waals surface area contributed by atoms with Crippen LogP contribution in [0.5, 0.6) is 5.75 Å². The van der Waals surface area contributed by atoms with Gasteiger partial charge in [-0.3, -0.25) is 9.59 Å². The second-order valence-electron chi connectivity index (χ2n) is 7.53. The summed E-state index contributed by atoms with van der Waals surface area (Å²) >= 11 is 0. The normalized spacial score (nSPS) is 19.3. The van der Waals surface area contributed by atoms with Gasteiger partial charge in [-0.05, 0) is 44.4 Å². The minimum Gasteiger partial charge on any atom is -0.497 e. The van der Waals surface area contributed by atoms with Gasteiger partial charge in [-0.25, -0.2) is 0 Å². The molecule has 1 N–H and O–H groups in total. The maximum Gasteiger partial charge on any atom is 0.226 e. The highest BCUT2D eigenvalue weighted by Crippen LogP contribution is 2.39. The lowest BCUT2D eigenvalue weighted by Crippen LogP contribution is -2.36. The van der Waals surface area contributed by atoms with Gasteiger partial charge in [-0.1, -0.05) is 25.5 Å². The number of unbranched alkanes of at least 4 members (excludes halogenated alkanes) is 1. The van der Waals surface area contributed by atoms with E-state index in [4.69, 9.17) is 9.47 Å². The number of methoxy groups -OCH3 is 1. The Hall–Kier alpha value is -2.08. The number of benzene rings is 1. The molecule has 1 aromatic rings. The van der Waals surface area contributed by atoms with Gasteiger partial charge < -0.3 is 19.7 Å². The van der Waals surface area contributed by atoms with Gasteiger partial charge >= 0.3 is 0 Å². The summed E-state index contributed by atoms with van der Waals surface area (Å²) in [5.41, 5.74) is 0.978. The van der Waals surface area contributed by atoms with Gasteiger partial charge in [-0.15, -0.1) is 0 Å². The van der Waals surface area contributed by atoms with Crippen LogP contribution in [0.3, 0.4) is 0 Å². The fraction of sp³-hybridized carbons (Fsp3) is 0.636. The van der Waals surface area contributed by atoms with Crippen molar-refractivity contribution in [3.05, 3.63) is 29.8 Å². The first-order chi connectivity index (χ1) is 13.5. The standard InChI is InChI=1S/C22H34N2O4/c1-5-6-13-24-20(25)15-19(22(26)23-12-7-14-28-16(2)3)21(24)17-8-10-18(27-4)11-9-17/h8-11,16,19,21H,5-7,12-15H2,1-4H3,(H,23,26)/t19-,21-/m1/s1. The van der Waals surface area contributed by atoms with E-state index in [1.807, 2.05) is 43.0 Å². The zero-order chi connectivity index (χ0) is 20.5. The van der Waals surface area contributed by atoms with Gasteiger partial charge in [0.1, 0.15) is 5.75 Å². The molecule has 1 fully saturated rings. The molecule has 6 heteroatoms. The lowest BCUT2D eigenvalue weighted by Gasteiger charge is -2.28. The molecule has 0 bridgehead atoms. The van der Waals surface area contributed by atoms with E-state index in [-0.39, 0.29) is 36.3 Å². The SMILES string of the molecule is CCCCN1C(=O)C[C@@H](C(=O)NCCCOC(C)C)[C@H]1c1ccc(OC)cc1. The Morgan fingerprint density at radius 3 is 2.57 bits per heavy atom. The van der Waals surface area contributed by atoms with Crippen molar-refractivity contribution in [1.82, 2.24) is 10.2 Å². The molecular formula is C22H34N2O4. The first-order valence-corrected chi connectivity index (χ1v) is 10.3. The monoisotopic (exact) mass is 390 g/mol. The smallest absolute Gasteiger partial charge is 0.226 e. The van der Waals surface area contributed by atoms with Gasteiger partial charge in [0.15, 0.2) is 0 Å². The molecule has 0 saturated carbocycles. The molecule has 1 heterocycles. The molecule has 0 radical (unpaired) electrons. The maximum absolute atomic E-state index is 12.9. The largest absolute Gasteiger partial charge is 0.497 e. The van der Waals surface area contributed by atoms with E-state index in [0.717, 1.165) is 30.6 Å². The van der Waals surface area contributed by atoms with Gasteiger partial charge in [0.2, 0.25) is 11.8 Å². The number of nitrogens with one attached hydrogen (secondary N) is 1. The van der Waals surface area contributed by atoms with Gasteiger partial charge in [0.25, 0.3) is 0 Å². The first-order valence-electron chi connectivity index (χ1n) is 10.3. The molecule has 1 aromatic carbocycles. The van der Waals surface area contributed by atoms with Crippen LogP contribution >= 0.6 is 0 Å². The molecule has 2 amide bonds. The molecule has 156 valence electrons. The molecule has 2 atom stereocenters. The van der Waals surface area contributed by atoms with E-state index < -0.39 is 0 Å². The molecule has 1 saturated heterocycles. The van der Waals surface area contributed by atoms with E-state index in [0.29, 0.717) is 19.7 Å². The van der Waals surface area contributed by atoms with E-state index in [1.165, 1.54) is 0 Å². The zero-order valence-corrected chi connectivity index (χ0v) is 17.6. The van der Waals surface area contributed by atoms with E-state index in [9.17, 15) is 9.59 Å². The molecule has 0 unspecified atom stereocenters. The highest BCUT2D eigenvalue weighted by atomic mass is 16.5. The van der Waals surface area contributed by atoms with E-state index in [2.05, 4.69) is 12.2 Å². The van der Waals surface area contributed by atoms with Crippen LogP contribution in [-0.4, -0.2) is 49.6 Å². The summed E-state index contributed by atoms with van der Waals surface area (Å²) in [6, 6.07) is 7.45. The van der Waals surface area contributed by atoms with Crippen molar-refractivity contribution >= 4 is 11.8 Å². The van der Waals surface area contributed by atoms with E-state index in [1.54, 1.807) is 7.11 Å². The number of carbonyl (C=O) groups excluding carboxylic acids is 2. The van der Waals surface area contributed by atoms with Crippen molar-refractivity contribution in [3.63, 3.8) is 0 Å². The predicted octanol–water partition coefficient (Wildman–Crippen LogP) is 3.32. The second-order valence-corrected chi connectivity index (χ2v) is 7.53. The predicted molar refractivity (Wildman–Crippen MR) is 109 cm³/mol. The van der Waals surface area contributed by atoms with Crippen LogP contribution in [-0.2, 0) is 14.3 Å². The second kappa shape index (κ2) is 11.1. The number of nitrogens with zero attached hydrogens (tertiary/aromatic N) is 1. The molecule has 1 aliphatic heterocycles. The van der Waals surface area contributed by atoms with Crippen LogP contribution < -0.4 is 10.1 Å². The van der Waals surface area contributed by atoms with Crippen molar-refractivity contribution in [2.24, 2.45) is 5.92 Å². The summed E-state index contributed by atoms with van der Waals surface area (Å²) < 4.78 is 10.8. The Bertz CT molecular complexity index is 630. The Morgan fingerprint density at radius 1 is 1.25 bits per heavy atom. The quantitative estimate of drug-likeness (QED) is 0.589. The Morgan fingerprint density at radius 2 is 1.96 bits per heavy atom. The summed E-state index contributed by atoms with van der Waals surface area (Å²) in [4.78, 5) is 27.4. The average molecular weight is 391 g/mol. The highest BCUT2D eigenvalue weighted by Gasteiger charge is 2.43. The molecule has 2 rings (SSSR count). The third kappa shape index (κ3) is 5.96. The molecule has 0 aromatic heterocycles. The average Bonchev–Trinajstić information content (AvgIpc) is 3.02. The van der Waals surface area contributed by atoms with E-state index >= 15 is 0 Å². The number of likely N-dealkylation sites (tertiary alicyclic amines) is 1. The molecule has 28 heavy (non-hydrogen) atoms. The number of hydrogen-bond donors (Lipinski definition) is 1. The van der Waals surface area contributed by atoms with Gasteiger partial charge in [-0.2, -0.15) is 0 Å². The lowest BCUT2D eigenvalue weighted by molar-refractivity contribution is -0.129. The lowest BCUT2D eigenvalue weighted by atomic mass is 9.92. The fourth-order valence-corrected chi connectivity index (χ4v) is 3.56. The fourth-order valence-electron chi connectivity index (χ4n) is 3.56. The number of carbonyl (C=O) groups is 2. The van der Waals surface area contributed by atoms with Crippen LogP contribution in [0.15, 0.2) is 24.3 Å². The summed E-state index contributed by atoms with van der Waals surface area (Å²) in [7, 11) is 1.63. The minimum atomic E-state index is -0.372. The Kier molecular flexibility index (Phi) is 8.77. The number of hydrogen-bond acceptors (Lipinski definition) is 4. The molecule has 1 aliphatic rings. The van der Waals surface area contributed by atoms with Crippen molar-refractivity contribution in [2.75, 3.05) is 26.8 Å². The van der Waals surface area contributed by atoms with Crippen LogP contribution in [0.2, 0.25) is 0 Å². The molecule has 0 aliphatic carbocycles. The maximum atomic E-state index is 12.9. The van der Waals surface area contributed by atoms with Crippen LogP contribution in [0.4, 0.5) is 0 Å². The molecular weight excluding hydrogens is 356 g/mol. The molecule has 6 nitrogen and oxygen atoms in total. The first kappa shape index (κ1) is 22.2. The topological polar surface area (TPSA) is 67.9 Å². The van der Waals surface area contributed by atoms with Crippen molar-refractivity contribution in [2.45, 2.75) is 58.6 Å². The third-order valence-corrected chi connectivity index (χ3v) is 5.05. The summed E-state index contributed by atoms with van der Waals surface area (Å²) in [5, 5.41) is 3.00. The minimum absolute atomic E-state index is 0.0533. The van der Waals surface area contributed by atoms with Crippen LogP contribution in [0.25, 0.3) is 0 Å². The van der Waals surface area contributed by atoms with Crippen molar-refractivity contribution in [3.8, 4) is 5.75 Å². The number of amides is 2. The van der Waals surface area contributed by atoms with Gasteiger partial charge in [0, 0.05) is 26.1 Å². The Balaban J connectivity index is 2.08. The third-order valence-electron chi connectivity index (χ3n) is 5.05. The summed E-state index contributed by atoms with van der Waals surface area (Å²) in [5.74, 6) is 0.387. The van der Waals surface area contributed by atoms with Crippen molar-refractivity contribution < 1.29 is 19.1 Å². The zero-order valence-electron chi connectivity index (χ0n) is 17.6. The van der Waals surface area contributed by atoms with Gasteiger partial charge in [0.05, 0.1) is 25.2 Å². The van der Waals surface area contributed by atoms with Crippen LogP contribution in [0.1, 0.15) is 58.1 Å². The Labute approximate surface area is 168 Å². The summed E-state index contributed by atoms with van der Waals surface area (Å²) in [6.07, 6.45) is 3.15.